The number of aryl methyl sites for hydroxylation is 1. The molecule has 0 N–H and O–H groups in total. The van der Waals surface area contributed by atoms with E-state index in [0.29, 0.717) is 17.0 Å². The van der Waals surface area contributed by atoms with Gasteiger partial charge in [-0.3, -0.25) is 0 Å². The monoisotopic (exact) mass is 178 g/mol. The van der Waals surface area contributed by atoms with Crippen molar-refractivity contribution in [3.8, 4) is 0 Å². The van der Waals surface area contributed by atoms with E-state index in [9.17, 15) is 0 Å². The quantitative estimate of drug-likeness (QED) is 0.522. The van der Waals surface area contributed by atoms with Crippen molar-refractivity contribution in [2.24, 2.45) is 0 Å². The summed E-state index contributed by atoms with van der Waals surface area (Å²) in [6, 6.07) is 0. The van der Waals surface area contributed by atoms with Gasteiger partial charge in [-0.2, -0.15) is 0 Å². The number of aromatic nitrogens is 2. The third-order valence-electron chi connectivity index (χ3n) is 0.810. The van der Waals surface area contributed by atoms with E-state index in [0.717, 1.165) is 5.75 Å². The van der Waals surface area contributed by atoms with E-state index in [1.54, 1.807) is 6.92 Å². The highest BCUT2D eigenvalue weighted by molar-refractivity contribution is 7.99. The molecule has 0 fully saturated rings. The molecular formula is C5H7ClN2OS. The molecule has 5 heteroatoms. The molecule has 0 aliphatic rings. The molecular weight excluding hydrogens is 172 g/mol. The van der Waals surface area contributed by atoms with Crippen LogP contribution in [0.25, 0.3) is 0 Å². The summed E-state index contributed by atoms with van der Waals surface area (Å²) in [7, 11) is 0. The van der Waals surface area contributed by atoms with Crippen LogP contribution in [0.5, 0.6) is 0 Å². The summed E-state index contributed by atoms with van der Waals surface area (Å²) >= 11 is 6.92. The first-order valence-electron chi connectivity index (χ1n) is 2.82. The van der Waals surface area contributed by atoms with Crippen molar-refractivity contribution < 1.29 is 4.42 Å². The third-order valence-corrected chi connectivity index (χ3v) is 2.04. The van der Waals surface area contributed by atoms with Crippen LogP contribution in [-0.2, 0) is 0 Å². The molecule has 0 saturated heterocycles. The zero-order chi connectivity index (χ0) is 7.40. The Labute approximate surface area is 68.2 Å². The van der Waals surface area contributed by atoms with E-state index in [1.807, 2.05) is 0 Å². The number of nitrogens with zero attached hydrogens (tertiary/aromatic N) is 2. The number of hydrogen-bond acceptors (Lipinski definition) is 4. The summed E-state index contributed by atoms with van der Waals surface area (Å²) in [5.41, 5.74) is 0. The predicted octanol–water partition coefficient (Wildman–Crippen LogP) is 1.71. The molecule has 0 spiro atoms. The minimum Gasteiger partial charge on any atom is -0.416 e. The van der Waals surface area contributed by atoms with Gasteiger partial charge in [0.25, 0.3) is 5.22 Å². The standard InChI is InChI=1S/C5H7ClN2OS/c1-4-7-8-5(9-4)10-3-2-6/h2-3H2,1H3. The molecule has 1 aromatic heterocycles. The minimum atomic E-state index is 0.595. The molecule has 0 radical (unpaired) electrons. The van der Waals surface area contributed by atoms with Gasteiger partial charge in [0.1, 0.15) is 0 Å². The number of rotatable bonds is 3. The summed E-state index contributed by atoms with van der Waals surface area (Å²) in [5, 5.41) is 8.03. The van der Waals surface area contributed by atoms with Crippen LogP contribution < -0.4 is 0 Å². The van der Waals surface area contributed by atoms with E-state index in [1.165, 1.54) is 11.8 Å². The molecule has 3 nitrogen and oxygen atoms in total. The Kier molecular flexibility index (Phi) is 3.02. The molecule has 1 heterocycles. The number of hydrogen-bond donors (Lipinski definition) is 0. The molecule has 1 rings (SSSR count). The van der Waals surface area contributed by atoms with Gasteiger partial charge in [0.2, 0.25) is 5.89 Å². The fourth-order valence-electron chi connectivity index (χ4n) is 0.463. The topological polar surface area (TPSA) is 38.9 Å². The Balaban J connectivity index is 2.42. The predicted molar refractivity (Wildman–Crippen MR) is 40.5 cm³/mol. The van der Waals surface area contributed by atoms with Gasteiger partial charge < -0.3 is 4.42 Å². The Morgan fingerprint density at radius 1 is 1.60 bits per heavy atom. The summed E-state index contributed by atoms with van der Waals surface area (Å²) in [6.07, 6.45) is 0. The summed E-state index contributed by atoms with van der Waals surface area (Å²) < 4.78 is 5.07. The van der Waals surface area contributed by atoms with Crippen LogP contribution >= 0.6 is 23.4 Å². The minimum absolute atomic E-state index is 0.595. The van der Waals surface area contributed by atoms with E-state index in [2.05, 4.69) is 10.2 Å². The van der Waals surface area contributed by atoms with Crippen molar-refractivity contribution in [3.63, 3.8) is 0 Å². The Bertz CT molecular complexity index is 203. The summed E-state index contributed by atoms with van der Waals surface area (Å²) in [4.78, 5) is 0. The average molecular weight is 179 g/mol. The lowest BCUT2D eigenvalue weighted by Gasteiger charge is -1.86. The zero-order valence-electron chi connectivity index (χ0n) is 5.50. The molecule has 0 aromatic carbocycles. The molecule has 0 bridgehead atoms. The normalized spacial score (nSPS) is 10.2. The number of thioether (sulfide) groups is 1. The van der Waals surface area contributed by atoms with Crippen LogP contribution in [0.15, 0.2) is 9.64 Å². The van der Waals surface area contributed by atoms with E-state index in [-0.39, 0.29) is 0 Å². The van der Waals surface area contributed by atoms with Gasteiger partial charge in [0.05, 0.1) is 0 Å². The van der Waals surface area contributed by atoms with Crippen molar-refractivity contribution in [1.29, 1.82) is 0 Å². The second-order valence-electron chi connectivity index (χ2n) is 1.62. The molecule has 0 saturated carbocycles. The molecule has 56 valence electrons. The Morgan fingerprint density at radius 2 is 2.40 bits per heavy atom. The van der Waals surface area contributed by atoms with Crippen LogP contribution in [0.3, 0.4) is 0 Å². The lowest BCUT2D eigenvalue weighted by atomic mass is 10.8. The van der Waals surface area contributed by atoms with Crippen molar-refractivity contribution in [1.82, 2.24) is 10.2 Å². The van der Waals surface area contributed by atoms with Gasteiger partial charge in [0, 0.05) is 18.6 Å². The number of alkyl halides is 1. The van der Waals surface area contributed by atoms with E-state index >= 15 is 0 Å². The van der Waals surface area contributed by atoms with Crippen LogP contribution in [0, 0.1) is 6.92 Å². The highest BCUT2D eigenvalue weighted by Gasteiger charge is 2.00. The van der Waals surface area contributed by atoms with Gasteiger partial charge in [0.15, 0.2) is 0 Å². The van der Waals surface area contributed by atoms with Gasteiger partial charge in [-0.15, -0.1) is 21.8 Å². The van der Waals surface area contributed by atoms with E-state index < -0.39 is 0 Å². The molecule has 0 atom stereocenters. The smallest absolute Gasteiger partial charge is 0.276 e. The van der Waals surface area contributed by atoms with Gasteiger partial charge >= 0.3 is 0 Å². The second kappa shape index (κ2) is 3.83. The first-order chi connectivity index (χ1) is 4.83. The van der Waals surface area contributed by atoms with Crippen molar-refractivity contribution in [2.45, 2.75) is 12.1 Å². The zero-order valence-corrected chi connectivity index (χ0v) is 7.08. The molecule has 1 aromatic rings. The maximum atomic E-state index is 5.45. The fraction of sp³-hybridized carbons (Fsp3) is 0.600. The lowest BCUT2D eigenvalue weighted by Crippen LogP contribution is -1.78. The van der Waals surface area contributed by atoms with Gasteiger partial charge in [-0.25, -0.2) is 0 Å². The van der Waals surface area contributed by atoms with E-state index in [4.69, 9.17) is 16.0 Å². The van der Waals surface area contributed by atoms with Crippen molar-refractivity contribution in [2.75, 3.05) is 11.6 Å². The first kappa shape index (κ1) is 7.88. The lowest BCUT2D eigenvalue weighted by molar-refractivity contribution is 0.429. The molecule has 10 heavy (non-hydrogen) atoms. The van der Waals surface area contributed by atoms with Crippen LogP contribution in [0.2, 0.25) is 0 Å². The number of halogens is 1. The third kappa shape index (κ3) is 2.19. The highest BCUT2D eigenvalue weighted by atomic mass is 35.5. The largest absolute Gasteiger partial charge is 0.416 e. The van der Waals surface area contributed by atoms with Crippen LogP contribution in [0.1, 0.15) is 5.89 Å². The average Bonchev–Trinajstić information content (AvgIpc) is 2.31. The SMILES string of the molecule is Cc1nnc(SCCCl)o1. The van der Waals surface area contributed by atoms with Gasteiger partial charge in [-0.05, 0) is 0 Å². The maximum absolute atomic E-state index is 5.45. The van der Waals surface area contributed by atoms with Crippen LogP contribution in [0.4, 0.5) is 0 Å². The second-order valence-corrected chi connectivity index (χ2v) is 3.05. The molecule has 0 aliphatic carbocycles. The molecule has 0 amide bonds. The first-order valence-corrected chi connectivity index (χ1v) is 4.34. The molecule has 0 aliphatic heterocycles. The van der Waals surface area contributed by atoms with Gasteiger partial charge in [-0.1, -0.05) is 11.8 Å². The Morgan fingerprint density at radius 3 is 2.90 bits per heavy atom. The summed E-state index contributed by atoms with van der Waals surface area (Å²) in [5.74, 6) is 2.01. The maximum Gasteiger partial charge on any atom is 0.276 e. The van der Waals surface area contributed by atoms with Crippen molar-refractivity contribution in [3.05, 3.63) is 5.89 Å². The highest BCUT2D eigenvalue weighted by Crippen LogP contribution is 2.14. The Hall–Kier alpha value is -0.220. The van der Waals surface area contributed by atoms with Crippen LogP contribution in [-0.4, -0.2) is 21.8 Å². The summed E-state index contributed by atoms with van der Waals surface area (Å²) in [6.45, 7) is 1.76. The van der Waals surface area contributed by atoms with Crippen molar-refractivity contribution >= 4 is 23.4 Å². The fourth-order valence-corrected chi connectivity index (χ4v) is 1.22. The molecule has 0 unspecified atom stereocenters.